The van der Waals surface area contributed by atoms with Crippen molar-refractivity contribution >= 4 is 28.7 Å². The van der Waals surface area contributed by atoms with E-state index in [0.29, 0.717) is 61.0 Å². The summed E-state index contributed by atoms with van der Waals surface area (Å²) in [6, 6.07) is 13.1. The quantitative estimate of drug-likeness (QED) is 0.140. The third-order valence-corrected chi connectivity index (χ3v) is 7.72. The van der Waals surface area contributed by atoms with E-state index in [2.05, 4.69) is 35.8 Å². The number of aliphatic hydroxyl groups is 2. The fraction of sp³-hybridized carbons (Fsp3) is 0.419. The van der Waals surface area contributed by atoms with E-state index in [4.69, 9.17) is 9.47 Å². The van der Waals surface area contributed by atoms with Crippen LogP contribution in [0, 0.1) is 5.82 Å². The third kappa shape index (κ3) is 7.84. The van der Waals surface area contributed by atoms with Crippen molar-refractivity contribution in [1.29, 1.82) is 0 Å². The molecule has 2 aromatic heterocycles. The van der Waals surface area contributed by atoms with Gasteiger partial charge in [-0.05, 0) is 62.2 Å². The average molecular weight is 623 g/mol. The number of nitrogens with zero attached hydrogens (tertiary/aromatic N) is 5. The molecule has 3 heterocycles. The van der Waals surface area contributed by atoms with Crippen LogP contribution in [0.4, 0.5) is 20.7 Å². The minimum absolute atomic E-state index is 0.124. The van der Waals surface area contributed by atoms with E-state index in [0.717, 1.165) is 5.56 Å². The zero-order chi connectivity index (χ0) is 31.9. The number of aliphatic hydroxyl groups excluding tert-OH is 2. The van der Waals surface area contributed by atoms with Gasteiger partial charge in [-0.15, -0.1) is 0 Å². The minimum Gasteiger partial charge on any atom is -0.497 e. The van der Waals surface area contributed by atoms with Gasteiger partial charge in [0.05, 0.1) is 13.4 Å². The van der Waals surface area contributed by atoms with E-state index in [1.54, 1.807) is 48.1 Å². The number of amides is 2. The number of halogens is 1. The first-order valence-corrected chi connectivity index (χ1v) is 14.8. The molecule has 2 amide bonds. The van der Waals surface area contributed by atoms with E-state index in [1.807, 2.05) is 13.8 Å². The maximum absolute atomic E-state index is 13.6. The number of fused-ring (bicyclic) bond motifs is 1. The van der Waals surface area contributed by atoms with Crippen molar-refractivity contribution in [3.63, 3.8) is 0 Å². The molecule has 1 aliphatic heterocycles. The lowest BCUT2D eigenvalue weighted by Gasteiger charge is -2.30. The molecule has 1 saturated heterocycles. The predicted molar refractivity (Wildman–Crippen MR) is 166 cm³/mol. The van der Waals surface area contributed by atoms with Gasteiger partial charge in [-0.1, -0.05) is 12.1 Å². The van der Waals surface area contributed by atoms with Gasteiger partial charge in [0.15, 0.2) is 23.2 Å². The lowest BCUT2D eigenvalue weighted by molar-refractivity contribution is -0.0468. The standard InChI is InChI=1S/C31H39FN8O5/c1-19(2)39(13-5-12-33-31(43)38-22-8-10-23(44-3)11-9-22)16-24-26(41)27(42)30(45-24)40-18-37-25-28(35-17-36-29(25)40)34-15-20-6-4-7-21(32)14-20/h4,6-11,14,17-19,24,26-27,30,41-42H,5,12-13,15-16H2,1-3H3,(H2,33,38,43)(H,34,35,36)/t24-,26-,27-,30-/m1/s1. The highest BCUT2D eigenvalue weighted by Gasteiger charge is 2.45. The summed E-state index contributed by atoms with van der Waals surface area (Å²) in [4.78, 5) is 27.5. The predicted octanol–water partition coefficient (Wildman–Crippen LogP) is 3.13. The van der Waals surface area contributed by atoms with E-state index in [9.17, 15) is 19.4 Å². The SMILES string of the molecule is COc1ccc(NC(=O)NCCCN(C[C@H]2O[C@@H](n3cnc4c(NCc5cccc(F)c5)ncnc43)[C@H](O)[C@@H]2O)C(C)C)cc1. The number of anilines is 2. The summed E-state index contributed by atoms with van der Waals surface area (Å²) in [5.74, 6) is 0.829. The van der Waals surface area contributed by atoms with Gasteiger partial charge in [-0.3, -0.25) is 9.47 Å². The van der Waals surface area contributed by atoms with Crippen molar-refractivity contribution in [2.45, 2.75) is 57.4 Å². The molecule has 0 unspecified atom stereocenters. The van der Waals surface area contributed by atoms with Crippen molar-refractivity contribution in [2.24, 2.45) is 0 Å². The highest BCUT2D eigenvalue weighted by Crippen LogP contribution is 2.33. The van der Waals surface area contributed by atoms with Crippen molar-refractivity contribution < 1.29 is 28.9 Å². The van der Waals surface area contributed by atoms with Gasteiger partial charge in [-0.2, -0.15) is 0 Å². The molecule has 14 heteroatoms. The summed E-state index contributed by atoms with van der Waals surface area (Å²) >= 11 is 0. The smallest absolute Gasteiger partial charge is 0.319 e. The van der Waals surface area contributed by atoms with Crippen LogP contribution in [0.25, 0.3) is 11.2 Å². The molecule has 0 radical (unpaired) electrons. The lowest BCUT2D eigenvalue weighted by Crippen LogP contribution is -2.44. The molecule has 240 valence electrons. The van der Waals surface area contributed by atoms with Crippen molar-refractivity contribution in [3.8, 4) is 5.75 Å². The number of urea groups is 1. The Labute approximate surface area is 260 Å². The average Bonchev–Trinajstić information content (AvgIpc) is 3.58. The number of carbonyl (C=O) groups is 1. The van der Waals surface area contributed by atoms with Crippen molar-refractivity contribution in [2.75, 3.05) is 37.4 Å². The van der Waals surface area contributed by atoms with Gasteiger partial charge in [0.1, 0.15) is 36.2 Å². The molecular formula is C31H39FN8O5. The van der Waals surface area contributed by atoms with Gasteiger partial charge in [0.2, 0.25) is 0 Å². The Bertz CT molecular complexity index is 1570. The fourth-order valence-corrected chi connectivity index (χ4v) is 5.24. The summed E-state index contributed by atoms with van der Waals surface area (Å²) in [6.45, 7) is 5.85. The lowest BCUT2D eigenvalue weighted by atomic mass is 10.1. The maximum Gasteiger partial charge on any atom is 0.319 e. The molecule has 0 saturated carbocycles. The van der Waals surface area contributed by atoms with Gasteiger partial charge in [-0.25, -0.2) is 24.1 Å². The first-order valence-electron chi connectivity index (χ1n) is 14.8. The molecule has 2 aromatic carbocycles. The topological polar surface area (TPSA) is 159 Å². The Morgan fingerprint density at radius 1 is 1.13 bits per heavy atom. The normalized spacial score (nSPS) is 19.7. The number of methoxy groups -OCH3 is 1. The van der Waals surface area contributed by atoms with Crippen molar-refractivity contribution in [3.05, 3.63) is 72.6 Å². The number of aromatic nitrogens is 4. The number of hydrogen-bond acceptors (Lipinski definition) is 10. The Morgan fingerprint density at radius 2 is 1.93 bits per heavy atom. The zero-order valence-corrected chi connectivity index (χ0v) is 25.4. The molecule has 4 aromatic rings. The molecule has 4 atom stereocenters. The minimum atomic E-state index is -1.22. The second-order valence-electron chi connectivity index (χ2n) is 11.1. The van der Waals surface area contributed by atoms with Crippen LogP contribution in [0.2, 0.25) is 0 Å². The Balaban J connectivity index is 1.16. The Morgan fingerprint density at radius 3 is 2.67 bits per heavy atom. The summed E-state index contributed by atoms with van der Waals surface area (Å²) in [6.07, 6.45) is -0.425. The van der Waals surface area contributed by atoms with Crippen LogP contribution in [-0.2, 0) is 11.3 Å². The number of ether oxygens (including phenoxy) is 2. The van der Waals surface area contributed by atoms with Gasteiger partial charge in [0.25, 0.3) is 0 Å². The van der Waals surface area contributed by atoms with E-state index in [1.165, 1.54) is 24.8 Å². The molecule has 0 bridgehead atoms. The van der Waals surface area contributed by atoms with Gasteiger partial charge in [0, 0.05) is 37.9 Å². The Kier molecular flexibility index (Phi) is 10.4. The molecule has 5 rings (SSSR count). The van der Waals surface area contributed by atoms with Crippen molar-refractivity contribution in [1.82, 2.24) is 29.7 Å². The van der Waals surface area contributed by atoms with Gasteiger partial charge >= 0.3 is 6.03 Å². The van der Waals surface area contributed by atoms with Gasteiger partial charge < -0.3 is 35.6 Å². The summed E-state index contributed by atoms with van der Waals surface area (Å²) in [5, 5.41) is 30.7. The number of nitrogens with one attached hydrogen (secondary N) is 3. The van der Waals surface area contributed by atoms with E-state index < -0.39 is 24.5 Å². The molecule has 45 heavy (non-hydrogen) atoms. The number of hydrogen-bond donors (Lipinski definition) is 5. The third-order valence-electron chi connectivity index (χ3n) is 7.72. The summed E-state index contributed by atoms with van der Waals surface area (Å²) in [5.41, 5.74) is 2.27. The fourth-order valence-electron chi connectivity index (χ4n) is 5.24. The molecule has 0 spiro atoms. The second-order valence-corrected chi connectivity index (χ2v) is 11.1. The highest BCUT2D eigenvalue weighted by molar-refractivity contribution is 5.89. The summed E-state index contributed by atoms with van der Waals surface area (Å²) in [7, 11) is 1.58. The Hall–Kier alpha value is -4.37. The molecule has 1 fully saturated rings. The first-order chi connectivity index (χ1) is 21.7. The number of rotatable bonds is 13. The van der Waals surface area contributed by atoms with Crippen LogP contribution in [0.5, 0.6) is 5.75 Å². The molecule has 5 N–H and O–H groups in total. The zero-order valence-electron chi connectivity index (χ0n) is 25.4. The summed E-state index contributed by atoms with van der Waals surface area (Å²) < 4.78 is 26.5. The van der Waals surface area contributed by atoms with E-state index >= 15 is 0 Å². The number of benzene rings is 2. The number of carbonyl (C=O) groups excluding carboxylic acids is 1. The van der Waals surface area contributed by atoms with Crippen LogP contribution >= 0.6 is 0 Å². The largest absolute Gasteiger partial charge is 0.497 e. The second kappa shape index (κ2) is 14.6. The number of imidazole rings is 1. The highest BCUT2D eigenvalue weighted by atomic mass is 19.1. The molecule has 1 aliphatic rings. The van der Waals surface area contributed by atoms with Crippen LogP contribution in [0.3, 0.4) is 0 Å². The molecule has 0 aliphatic carbocycles. The van der Waals surface area contributed by atoms with Crippen LogP contribution in [0.1, 0.15) is 32.1 Å². The molecule has 13 nitrogen and oxygen atoms in total. The van der Waals surface area contributed by atoms with Crippen LogP contribution < -0.4 is 20.7 Å². The maximum atomic E-state index is 13.6. The van der Waals surface area contributed by atoms with E-state index in [-0.39, 0.29) is 17.9 Å². The van der Waals surface area contributed by atoms with Crippen LogP contribution in [-0.4, -0.2) is 91.8 Å². The van der Waals surface area contributed by atoms with Crippen LogP contribution in [0.15, 0.2) is 61.2 Å². The monoisotopic (exact) mass is 622 g/mol. The first kappa shape index (κ1) is 32.0. The molecular weight excluding hydrogens is 583 g/mol.